The summed E-state index contributed by atoms with van der Waals surface area (Å²) in [4.78, 5) is 35.9. The smallest absolute Gasteiger partial charge is 0.383 e. The Morgan fingerprint density at radius 3 is 2.50 bits per heavy atom. The molecule has 1 aromatic carbocycles. The molecule has 0 bridgehead atoms. The highest BCUT2D eigenvalue weighted by Crippen LogP contribution is 2.32. The molecule has 212 valence electrons. The number of nitrogens with one attached hydrogen (secondary N) is 2. The van der Waals surface area contributed by atoms with Gasteiger partial charge in [0.05, 0.1) is 46.8 Å². The van der Waals surface area contributed by atoms with Crippen LogP contribution in [0.3, 0.4) is 0 Å². The number of nitrogens with zero attached hydrogens (tertiary/aromatic N) is 5. The van der Waals surface area contributed by atoms with Gasteiger partial charge in [-0.3, -0.25) is 14.2 Å². The Morgan fingerprint density at radius 2 is 1.85 bits per heavy atom. The Kier molecular flexibility index (Phi) is 7.75. The molecule has 3 heterocycles. The van der Waals surface area contributed by atoms with Crippen LogP contribution in [0.4, 0.5) is 42.2 Å². The molecule has 4 N–H and O–H groups in total. The molecule has 4 aromatic rings. The van der Waals surface area contributed by atoms with E-state index >= 15 is 0 Å². The molecule has 0 aliphatic carbocycles. The average molecular weight is 572 g/mol. The maximum Gasteiger partial charge on any atom is 0.423 e. The third-order valence-corrected chi connectivity index (χ3v) is 5.78. The van der Waals surface area contributed by atoms with Gasteiger partial charge in [0.2, 0.25) is 0 Å². The first-order valence-corrected chi connectivity index (χ1v) is 11.4. The number of nitrogen functional groups attached to an aromatic ring is 1. The molecule has 0 saturated heterocycles. The minimum absolute atomic E-state index is 0.0234. The van der Waals surface area contributed by atoms with Gasteiger partial charge in [-0.05, 0) is 19.1 Å². The number of rotatable bonds is 8. The van der Waals surface area contributed by atoms with E-state index in [-0.39, 0.29) is 28.7 Å². The first-order valence-electron chi connectivity index (χ1n) is 11.4. The average Bonchev–Trinajstić information content (AvgIpc) is 2.84. The lowest BCUT2D eigenvalue weighted by Crippen LogP contribution is -2.30. The summed E-state index contributed by atoms with van der Waals surface area (Å²) in [5.74, 6) is -1.86. The summed E-state index contributed by atoms with van der Waals surface area (Å²) in [5, 5.41) is 7.18. The predicted octanol–water partition coefficient (Wildman–Crippen LogP) is 3.84. The van der Waals surface area contributed by atoms with Crippen LogP contribution in [-0.2, 0) is 12.7 Å². The minimum Gasteiger partial charge on any atom is -0.383 e. The quantitative estimate of drug-likeness (QED) is 0.270. The van der Waals surface area contributed by atoms with E-state index in [1.165, 1.54) is 6.92 Å². The van der Waals surface area contributed by atoms with Crippen molar-refractivity contribution >= 4 is 22.4 Å². The number of halogens is 7. The normalized spacial score (nSPS) is 13.5. The number of benzene rings is 1. The number of nitrogens with two attached hydrogens (primary N) is 1. The number of alkyl halides is 6. The summed E-state index contributed by atoms with van der Waals surface area (Å²) >= 11 is 0. The molecule has 0 amide bonds. The maximum absolute atomic E-state index is 14.9. The van der Waals surface area contributed by atoms with Crippen molar-refractivity contribution in [1.82, 2.24) is 29.7 Å². The van der Waals surface area contributed by atoms with Crippen molar-refractivity contribution in [2.45, 2.75) is 44.7 Å². The summed E-state index contributed by atoms with van der Waals surface area (Å²) in [6.07, 6.45) is -7.57. The van der Waals surface area contributed by atoms with Crippen LogP contribution in [0.2, 0.25) is 0 Å². The van der Waals surface area contributed by atoms with E-state index in [1.807, 2.05) is 0 Å². The zero-order valence-electron chi connectivity index (χ0n) is 20.3. The summed E-state index contributed by atoms with van der Waals surface area (Å²) in [5.41, 5.74) is 0.138. The van der Waals surface area contributed by atoms with Crippen molar-refractivity contribution < 1.29 is 30.7 Å². The Labute approximate surface area is 219 Å². The lowest BCUT2D eigenvalue weighted by molar-refractivity contribution is -0.138. The molecule has 0 aliphatic heterocycles. The van der Waals surface area contributed by atoms with Gasteiger partial charge >= 0.3 is 6.18 Å². The van der Waals surface area contributed by atoms with E-state index in [2.05, 4.69) is 25.4 Å². The Balaban J connectivity index is 1.53. The number of fused-ring (bicyclic) bond motifs is 1. The monoisotopic (exact) mass is 572 g/mol. The van der Waals surface area contributed by atoms with Crippen molar-refractivity contribution in [2.24, 2.45) is 0 Å². The molecular formula is C23H19F7N8O2. The van der Waals surface area contributed by atoms with Crippen molar-refractivity contribution in [3.8, 4) is 11.4 Å². The van der Waals surface area contributed by atoms with Gasteiger partial charge in [-0.25, -0.2) is 37.6 Å². The fourth-order valence-corrected chi connectivity index (χ4v) is 3.97. The summed E-state index contributed by atoms with van der Waals surface area (Å²) in [7, 11) is 0. The summed E-state index contributed by atoms with van der Waals surface area (Å²) in [6.45, 7) is 0.806. The van der Waals surface area contributed by atoms with Gasteiger partial charge in [0, 0.05) is 18.7 Å². The van der Waals surface area contributed by atoms with Crippen molar-refractivity contribution in [3.63, 3.8) is 0 Å². The SMILES string of the molecule is C[C@H](C[C@H](F)Cn1cnc2cc(-c3ncc(C(F)F)c(N)n3)c(F)cc2c1=O)Nc1cn[nH]c(=O)c1C(F)(F)F. The van der Waals surface area contributed by atoms with Gasteiger partial charge in [0.25, 0.3) is 17.5 Å². The summed E-state index contributed by atoms with van der Waals surface area (Å²) in [6, 6.07) is 1.00. The molecule has 0 unspecified atom stereocenters. The zero-order chi connectivity index (χ0) is 29.4. The second-order valence-electron chi connectivity index (χ2n) is 8.75. The van der Waals surface area contributed by atoms with Crippen LogP contribution in [0.1, 0.15) is 30.9 Å². The van der Waals surface area contributed by atoms with Gasteiger partial charge in [0.15, 0.2) is 5.82 Å². The molecule has 4 rings (SSSR count). The zero-order valence-corrected chi connectivity index (χ0v) is 20.3. The van der Waals surface area contributed by atoms with Crippen LogP contribution in [0.15, 0.2) is 40.4 Å². The molecule has 0 fully saturated rings. The number of hydrogen-bond acceptors (Lipinski definition) is 8. The standard InChI is InChI=1S/C23H19F7N8O2/c1-9(35-16-6-34-37-21(39)17(16)23(28,29)30)2-10(24)7-38-8-33-15-4-11(14(25)3-12(15)22(38)40)20-32-5-13(18(26)27)19(31)36-20/h3-6,8-10,18H,2,7H2,1H3,(H2,31,32,36)(H2,35,37,39)/t9-,10+/m1/s1. The van der Waals surface area contributed by atoms with Gasteiger partial charge in [-0.1, -0.05) is 0 Å². The van der Waals surface area contributed by atoms with Crippen molar-refractivity contribution in [2.75, 3.05) is 11.1 Å². The van der Waals surface area contributed by atoms with Crippen LogP contribution < -0.4 is 22.2 Å². The fourth-order valence-electron chi connectivity index (χ4n) is 3.97. The Morgan fingerprint density at radius 1 is 1.12 bits per heavy atom. The van der Waals surface area contributed by atoms with E-state index in [0.717, 1.165) is 35.4 Å². The molecule has 0 radical (unpaired) electrons. The molecule has 40 heavy (non-hydrogen) atoms. The lowest BCUT2D eigenvalue weighted by atomic mass is 10.1. The third-order valence-electron chi connectivity index (χ3n) is 5.78. The van der Waals surface area contributed by atoms with Crippen LogP contribution in [-0.4, -0.2) is 41.9 Å². The van der Waals surface area contributed by atoms with E-state index in [9.17, 15) is 40.3 Å². The topological polar surface area (TPSA) is 144 Å². The molecule has 2 atom stereocenters. The van der Waals surface area contributed by atoms with Crippen molar-refractivity contribution in [1.29, 1.82) is 0 Å². The Hall–Kier alpha value is -4.57. The second kappa shape index (κ2) is 10.9. The fraction of sp³-hybridized carbons (Fsp3) is 0.304. The van der Waals surface area contributed by atoms with E-state index in [1.54, 1.807) is 5.10 Å². The van der Waals surface area contributed by atoms with Gasteiger partial charge in [0.1, 0.15) is 23.4 Å². The number of anilines is 2. The molecule has 3 aromatic heterocycles. The first-order chi connectivity index (χ1) is 18.8. The highest BCUT2D eigenvalue weighted by Gasteiger charge is 2.37. The maximum atomic E-state index is 14.9. The number of H-pyrrole nitrogens is 1. The first kappa shape index (κ1) is 28.4. The molecule has 17 heteroatoms. The van der Waals surface area contributed by atoms with E-state index < -0.39 is 70.9 Å². The Bertz CT molecular complexity index is 1670. The largest absolute Gasteiger partial charge is 0.423 e. The van der Waals surface area contributed by atoms with Crippen molar-refractivity contribution in [3.05, 3.63) is 68.5 Å². The molecule has 0 saturated carbocycles. The van der Waals surface area contributed by atoms with Crippen LogP contribution in [0.25, 0.3) is 22.3 Å². The van der Waals surface area contributed by atoms with Crippen LogP contribution in [0.5, 0.6) is 0 Å². The van der Waals surface area contributed by atoms with E-state index in [4.69, 9.17) is 5.73 Å². The summed E-state index contributed by atoms with van der Waals surface area (Å²) < 4.78 is 96.0. The lowest BCUT2D eigenvalue weighted by Gasteiger charge is -2.20. The van der Waals surface area contributed by atoms with Gasteiger partial charge in [-0.15, -0.1) is 0 Å². The predicted molar refractivity (Wildman–Crippen MR) is 129 cm³/mol. The molecule has 0 spiro atoms. The minimum atomic E-state index is -4.99. The number of hydrogen-bond donors (Lipinski definition) is 3. The molecule has 10 nitrogen and oxygen atoms in total. The second-order valence-corrected chi connectivity index (χ2v) is 8.75. The third kappa shape index (κ3) is 5.86. The number of aromatic nitrogens is 6. The molecular weight excluding hydrogens is 553 g/mol. The highest BCUT2D eigenvalue weighted by molar-refractivity contribution is 5.82. The highest BCUT2D eigenvalue weighted by atomic mass is 19.4. The van der Waals surface area contributed by atoms with Crippen LogP contribution in [0, 0.1) is 5.82 Å². The molecule has 0 aliphatic rings. The van der Waals surface area contributed by atoms with Gasteiger partial charge < -0.3 is 11.1 Å². The number of aromatic amines is 1. The van der Waals surface area contributed by atoms with Gasteiger partial charge in [-0.2, -0.15) is 18.3 Å². The van der Waals surface area contributed by atoms with Crippen LogP contribution >= 0.6 is 0 Å². The van der Waals surface area contributed by atoms with E-state index in [0.29, 0.717) is 0 Å².